The summed E-state index contributed by atoms with van der Waals surface area (Å²) in [5, 5.41) is 4.32. The molecule has 3 heterocycles. The smallest absolute Gasteiger partial charge is 0.253 e. The number of nitrogens with zero attached hydrogens (tertiary/aromatic N) is 5. The number of ether oxygens (including phenoxy) is 1. The van der Waals surface area contributed by atoms with Crippen molar-refractivity contribution in [2.24, 2.45) is 0 Å². The van der Waals surface area contributed by atoms with Crippen LogP contribution in [0, 0.1) is 11.8 Å². The third-order valence-corrected chi connectivity index (χ3v) is 5.27. The quantitative estimate of drug-likeness (QED) is 0.597. The molecule has 7 nitrogen and oxygen atoms in total. The Morgan fingerprint density at radius 2 is 1.97 bits per heavy atom. The summed E-state index contributed by atoms with van der Waals surface area (Å²) in [5.74, 6) is 6.37. The lowest BCUT2D eigenvalue weighted by Crippen LogP contribution is -2.49. The van der Waals surface area contributed by atoms with E-state index in [9.17, 15) is 4.79 Å². The van der Waals surface area contributed by atoms with Gasteiger partial charge in [-0.3, -0.25) is 14.7 Å². The van der Waals surface area contributed by atoms with Crippen LogP contribution in [0.25, 0.3) is 5.69 Å². The zero-order valence-electron chi connectivity index (χ0n) is 17.6. The lowest BCUT2D eigenvalue weighted by Gasteiger charge is -2.34. The number of methoxy groups -OCH3 is 1. The van der Waals surface area contributed by atoms with Gasteiger partial charge >= 0.3 is 0 Å². The van der Waals surface area contributed by atoms with Crippen molar-refractivity contribution in [3.63, 3.8) is 0 Å². The van der Waals surface area contributed by atoms with E-state index in [-0.39, 0.29) is 5.91 Å². The Kier molecular flexibility index (Phi) is 6.72. The van der Waals surface area contributed by atoms with Crippen molar-refractivity contribution < 1.29 is 9.53 Å². The van der Waals surface area contributed by atoms with Crippen LogP contribution in [0.1, 0.15) is 21.5 Å². The molecule has 0 atom stereocenters. The summed E-state index contributed by atoms with van der Waals surface area (Å²) in [5.41, 5.74) is 3.04. The molecule has 1 fully saturated rings. The molecule has 1 amide bonds. The van der Waals surface area contributed by atoms with E-state index in [1.165, 1.54) is 0 Å². The molecule has 31 heavy (non-hydrogen) atoms. The lowest BCUT2D eigenvalue weighted by atomic mass is 10.1. The topological polar surface area (TPSA) is 63.5 Å². The van der Waals surface area contributed by atoms with Gasteiger partial charge in [-0.1, -0.05) is 11.8 Å². The zero-order valence-corrected chi connectivity index (χ0v) is 17.6. The number of piperazine rings is 1. The zero-order chi connectivity index (χ0) is 21.5. The molecule has 1 saturated heterocycles. The first-order chi connectivity index (χ1) is 15.2. The minimum absolute atomic E-state index is 0.0304. The van der Waals surface area contributed by atoms with Crippen LogP contribution in [0.5, 0.6) is 0 Å². The Bertz CT molecular complexity index is 1060. The maximum Gasteiger partial charge on any atom is 0.253 e. The van der Waals surface area contributed by atoms with Crippen LogP contribution < -0.4 is 0 Å². The van der Waals surface area contributed by atoms with E-state index in [1.807, 2.05) is 47.5 Å². The first-order valence-corrected chi connectivity index (χ1v) is 10.3. The summed E-state index contributed by atoms with van der Waals surface area (Å²) in [6, 6.07) is 11.2. The van der Waals surface area contributed by atoms with Gasteiger partial charge in [-0.15, -0.1) is 0 Å². The number of hydrogen-bond acceptors (Lipinski definition) is 5. The second-order valence-electron chi connectivity index (χ2n) is 7.30. The molecule has 1 aliphatic heterocycles. The fourth-order valence-electron chi connectivity index (χ4n) is 3.53. The van der Waals surface area contributed by atoms with Crippen molar-refractivity contribution in [2.45, 2.75) is 0 Å². The highest BCUT2D eigenvalue weighted by atomic mass is 16.5. The van der Waals surface area contributed by atoms with Crippen molar-refractivity contribution in [2.75, 3.05) is 46.4 Å². The van der Waals surface area contributed by atoms with Crippen LogP contribution in [0.3, 0.4) is 0 Å². The van der Waals surface area contributed by atoms with Crippen LogP contribution in [-0.2, 0) is 4.74 Å². The molecular weight excluding hydrogens is 390 g/mol. The fraction of sp³-hybridized carbons (Fsp3) is 0.292. The molecule has 0 unspecified atom stereocenters. The fourth-order valence-corrected chi connectivity index (χ4v) is 3.53. The summed E-state index contributed by atoms with van der Waals surface area (Å²) in [4.78, 5) is 21.5. The molecular formula is C24H25N5O2. The monoisotopic (exact) mass is 415 g/mol. The summed E-state index contributed by atoms with van der Waals surface area (Å²) in [7, 11) is 1.71. The number of carbonyl (C=O) groups excluding carboxylic acids is 1. The number of benzene rings is 1. The SMILES string of the molecule is COCCN1CCN(C(=O)c2ccc(-n3cccn3)c(C#Cc3cccnc3)c2)CC1. The molecule has 1 aromatic carbocycles. The average molecular weight is 415 g/mol. The van der Waals surface area contributed by atoms with Gasteiger partial charge in [0.25, 0.3) is 5.91 Å². The lowest BCUT2D eigenvalue weighted by molar-refractivity contribution is 0.0594. The van der Waals surface area contributed by atoms with Crippen LogP contribution >= 0.6 is 0 Å². The normalized spacial score (nSPS) is 14.2. The minimum atomic E-state index is 0.0304. The molecule has 2 aromatic heterocycles. The van der Waals surface area contributed by atoms with E-state index in [4.69, 9.17) is 4.74 Å². The van der Waals surface area contributed by atoms with Gasteiger partial charge in [-0.25, -0.2) is 4.68 Å². The molecule has 0 saturated carbocycles. The second kappa shape index (κ2) is 10.0. The van der Waals surface area contributed by atoms with E-state index >= 15 is 0 Å². The van der Waals surface area contributed by atoms with E-state index in [0.717, 1.165) is 36.4 Å². The van der Waals surface area contributed by atoms with Gasteiger partial charge in [-0.2, -0.15) is 5.10 Å². The maximum atomic E-state index is 13.1. The average Bonchev–Trinajstić information content (AvgIpc) is 3.36. The van der Waals surface area contributed by atoms with Crippen LogP contribution in [0.15, 0.2) is 61.2 Å². The summed E-state index contributed by atoms with van der Waals surface area (Å²) >= 11 is 0. The Balaban J connectivity index is 1.57. The van der Waals surface area contributed by atoms with E-state index in [2.05, 4.69) is 26.8 Å². The Morgan fingerprint density at radius 1 is 1.10 bits per heavy atom. The van der Waals surface area contributed by atoms with E-state index in [0.29, 0.717) is 25.3 Å². The molecule has 158 valence electrons. The largest absolute Gasteiger partial charge is 0.383 e. The third-order valence-electron chi connectivity index (χ3n) is 5.27. The molecule has 0 bridgehead atoms. The van der Waals surface area contributed by atoms with E-state index in [1.54, 1.807) is 30.4 Å². The summed E-state index contributed by atoms with van der Waals surface area (Å²) in [6.45, 7) is 4.73. The van der Waals surface area contributed by atoms with Crippen LogP contribution in [0.4, 0.5) is 0 Å². The van der Waals surface area contributed by atoms with Crippen molar-refractivity contribution >= 4 is 5.91 Å². The highest BCUT2D eigenvalue weighted by Gasteiger charge is 2.22. The molecule has 4 rings (SSSR count). The van der Waals surface area contributed by atoms with Crippen molar-refractivity contribution in [1.82, 2.24) is 24.6 Å². The van der Waals surface area contributed by atoms with E-state index < -0.39 is 0 Å². The number of aromatic nitrogens is 3. The van der Waals surface area contributed by atoms with Gasteiger partial charge in [0.2, 0.25) is 0 Å². The third kappa shape index (κ3) is 5.18. The predicted molar refractivity (Wildman–Crippen MR) is 118 cm³/mol. The highest BCUT2D eigenvalue weighted by Crippen LogP contribution is 2.18. The number of amides is 1. The molecule has 0 aliphatic carbocycles. The minimum Gasteiger partial charge on any atom is -0.383 e. The number of carbonyl (C=O) groups is 1. The van der Waals surface area contributed by atoms with Gasteiger partial charge < -0.3 is 9.64 Å². The van der Waals surface area contributed by atoms with Crippen molar-refractivity contribution in [3.8, 4) is 17.5 Å². The molecule has 7 heteroatoms. The highest BCUT2D eigenvalue weighted by molar-refractivity contribution is 5.95. The molecule has 0 spiro atoms. The molecule has 0 radical (unpaired) electrons. The van der Waals surface area contributed by atoms with Gasteiger partial charge in [0, 0.05) is 75.7 Å². The molecule has 3 aromatic rings. The van der Waals surface area contributed by atoms with Crippen molar-refractivity contribution in [3.05, 3.63) is 77.9 Å². The number of hydrogen-bond donors (Lipinski definition) is 0. The number of rotatable bonds is 5. The first-order valence-electron chi connectivity index (χ1n) is 10.3. The summed E-state index contributed by atoms with van der Waals surface area (Å²) < 4.78 is 6.91. The molecule has 0 N–H and O–H groups in total. The van der Waals surface area contributed by atoms with Gasteiger partial charge in [0.05, 0.1) is 17.9 Å². The second-order valence-corrected chi connectivity index (χ2v) is 7.30. The predicted octanol–water partition coefficient (Wildman–Crippen LogP) is 2.07. The summed E-state index contributed by atoms with van der Waals surface area (Å²) in [6.07, 6.45) is 7.03. The van der Waals surface area contributed by atoms with Crippen LogP contribution in [0.2, 0.25) is 0 Å². The number of pyridine rings is 1. The van der Waals surface area contributed by atoms with Gasteiger partial charge in [0.15, 0.2) is 0 Å². The van der Waals surface area contributed by atoms with Crippen LogP contribution in [-0.4, -0.2) is 76.9 Å². The molecule has 1 aliphatic rings. The Labute approximate surface area is 182 Å². The van der Waals surface area contributed by atoms with Gasteiger partial charge in [-0.05, 0) is 36.4 Å². The van der Waals surface area contributed by atoms with Crippen molar-refractivity contribution in [1.29, 1.82) is 0 Å². The van der Waals surface area contributed by atoms with Gasteiger partial charge in [0.1, 0.15) is 0 Å². The first kappa shape index (κ1) is 20.8. The Morgan fingerprint density at radius 3 is 2.68 bits per heavy atom. The standard InChI is InChI=1S/C24H25N5O2/c1-31-17-16-27-12-14-28(15-13-27)24(30)22-7-8-23(29-11-3-10-26-29)21(18-22)6-5-20-4-2-9-25-19-20/h2-4,7-11,18-19H,12-17H2,1H3. The maximum absolute atomic E-state index is 13.1. The Hall–Kier alpha value is -3.47.